The smallest absolute Gasteiger partial charge is 0.328 e. The zero-order valence-corrected chi connectivity index (χ0v) is 10.8. The minimum atomic E-state index is -1.20. The van der Waals surface area contributed by atoms with Gasteiger partial charge >= 0.3 is 5.97 Å². The van der Waals surface area contributed by atoms with Crippen LogP contribution >= 0.6 is 0 Å². The Morgan fingerprint density at radius 3 is 2.56 bits per heavy atom. The lowest BCUT2D eigenvalue weighted by molar-refractivity contribution is -0.131. The molecule has 0 saturated heterocycles. The highest BCUT2D eigenvalue weighted by molar-refractivity contribution is 5.81. The summed E-state index contributed by atoms with van der Waals surface area (Å²) in [5, 5.41) is 28.1. The van der Waals surface area contributed by atoms with Crippen LogP contribution < -0.4 is 0 Å². The fraction of sp³-hybridized carbons (Fsp3) is 0.571. The van der Waals surface area contributed by atoms with Gasteiger partial charge in [0.25, 0.3) is 0 Å². The molecule has 1 atom stereocenters. The molecule has 18 heavy (non-hydrogen) atoms. The highest BCUT2D eigenvalue weighted by atomic mass is 16.4. The van der Waals surface area contributed by atoms with E-state index < -0.39 is 17.0 Å². The molecule has 0 aromatic carbocycles. The second-order valence-corrected chi connectivity index (χ2v) is 4.98. The van der Waals surface area contributed by atoms with E-state index in [1.165, 1.54) is 0 Å². The van der Waals surface area contributed by atoms with Crippen molar-refractivity contribution in [3.8, 4) is 6.07 Å². The molecule has 0 radical (unpaired) electrons. The van der Waals surface area contributed by atoms with Crippen molar-refractivity contribution in [1.29, 1.82) is 5.26 Å². The van der Waals surface area contributed by atoms with Gasteiger partial charge < -0.3 is 10.2 Å². The van der Waals surface area contributed by atoms with Crippen LogP contribution in [0.5, 0.6) is 0 Å². The average molecular weight is 249 g/mol. The van der Waals surface area contributed by atoms with E-state index in [0.717, 1.165) is 12.5 Å². The van der Waals surface area contributed by atoms with E-state index >= 15 is 0 Å². The first-order chi connectivity index (χ1) is 8.37. The quantitative estimate of drug-likeness (QED) is 0.559. The lowest BCUT2D eigenvalue weighted by Gasteiger charge is -2.24. The first-order valence-corrected chi connectivity index (χ1v) is 6.13. The average Bonchev–Trinajstić information content (AvgIpc) is 3.07. The second kappa shape index (κ2) is 5.36. The highest BCUT2D eigenvalue weighted by Crippen LogP contribution is 2.54. The summed E-state index contributed by atoms with van der Waals surface area (Å²) in [5.74, 6) is -0.996. The first kappa shape index (κ1) is 14.5. The summed E-state index contributed by atoms with van der Waals surface area (Å²) in [5.41, 5.74) is -1.24. The van der Waals surface area contributed by atoms with Gasteiger partial charge in [-0.15, -0.1) is 0 Å². The van der Waals surface area contributed by atoms with E-state index in [1.54, 1.807) is 19.1 Å². The number of aliphatic carboxylic acids is 1. The Morgan fingerprint density at radius 2 is 2.17 bits per heavy atom. The Bertz CT molecular complexity index is 423. The molecule has 0 aromatic heterocycles. The van der Waals surface area contributed by atoms with Gasteiger partial charge in [0.15, 0.2) is 0 Å². The molecule has 2 N–H and O–H groups in total. The third-order valence-electron chi connectivity index (χ3n) is 3.40. The molecular formula is C14H19NO3. The van der Waals surface area contributed by atoms with E-state index in [1.807, 2.05) is 6.92 Å². The Labute approximate surface area is 107 Å². The molecule has 1 aliphatic rings. The number of carbonyl (C=O) groups is 1. The summed E-state index contributed by atoms with van der Waals surface area (Å²) in [4.78, 5) is 10.6. The summed E-state index contributed by atoms with van der Waals surface area (Å²) in [6, 6.07) is 2.15. The van der Waals surface area contributed by atoms with Crippen molar-refractivity contribution in [2.24, 2.45) is 5.41 Å². The lowest BCUT2D eigenvalue weighted by Crippen LogP contribution is -2.32. The van der Waals surface area contributed by atoms with E-state index in [0.29, 0.717) is 24.8 Å². The van der Waals surface area contributed by atoms with Gasteiger partial charge in [-0.1, -0.05) is 25.5 Å². The van der Waals surface area contributed by atoms with Gasteiger partial charge in [-0.3, -0.25) is 0 Å². The Morgan fingerprint density at radius 1 is 1.56 bits per heavy atom. The molecule has 1 aliphatic carbocycles. The number of nitrogens with zero attached hydrogens (tertiary/aromatic N) is 1. The molecule has 4 heteroatoms. The number of allylic oxidation sites excluding steroid dienone is 2. The highest BCUT2D eigenvalue weighted by Gasteiger charge is 2.55. The van der Waals surface area contributed by atoms with Crippen molar-refractivity contribution in [3.63, 3.8) is 0 Å². The minimum Gasteiger partial charge on any atom is -0.478 e. The summed E-state index contributed by atoms with van der Waals surface area (Å²) >= 11 is 0. The SMILES string of the molecule is CCCC(=C/C(=O)O)/C=C/[C@@](C)(O)C1(C#N)CC1. The maximum absolute atomic E-state index is 10.6. The molecule has 0 aliphatic heterocycles. The predicted octanol–water partition coefficient (Wildman–Crippen LogP) is 2.41. The van der Waals surface area contributed by atoms with Crippen molar-refractivity contribution in [2.45, 2.75) is 45.1 Å². The number of aliphatic hydroxyl groups is 1. The van der Waals surface area contributed by atoms with Gasteiger partial charge in [0.05, 0.1) is 17.1 Å². The molecule has 0 heterocycles. The van der Waals surface area contributed by atoms with E-state index in [2.05, 4.69) is 6.07 Å². The van der Waals surface area contributed by atoms with Crippen molar-refractivity contribution in [2.75, 3.05) is 0 Å². The van der Waals surface area contributed by atoms with Crippen LogP contribution in [0.15, 0.2) is 23.8 Å². The summed E-state index contributed by atoms with van der Waals surface area (Å²) < 4.78 is 0. The maximum atomic E-state index is 10.6. The molecule has 1 saturated carbocycles. The van der Waals surface area contributed by atoms with E-state index in [9.17, 15) is 9.90 Å². The van der Waals surface area contributed by atoms with Crippen molar-refractivity contribution in [3.05, 3.63) is 23.8 Å². The predicted molar refractivity (Wildman–Crippen MR) is 67.7 cm³/mol. The minimum absolute atomic E-state index is 0.637. The Hall–Kier alpha value is -1.60. The maximum Gasteiger partial charge on any atom is 0.328 e. The molecule has 0 bridgehead atoms. The van der Waals surface area contributed by atoms with Crippen LogP contribution in [0.4, 0.5) is 0 Å². The molecule has 1 rings (SSSR count). The fourth-order valence-corrected chi connectivity index (χ4v) is 1.94. The lowest BCUT2D eigenvalue weighted by atomic mass is 9.86. The van der Waals surface area contributed by atoms with Gasteiger partial charge in [-0.2, -0.15) is 5.26 Å². The van der Waals surface area contributed by atoms with Crippen LogP contribution in [0.2, 0.25) is 0 Å². The van der Waals surface area contributed by atoms with E-state index in [4.69, 9.17) is 10.4 Å². The number of carboxylic acid groups (broad SMARTS) is 1. The molecule has 1 fully saturated rings. The molecular weight excluding hydrogens is 230 g/mol. The van der Waals surface area contributed by atoms with Crippen LogP contribution in [-0.2, 0) is 4.79 Å². The number of nitriles is 1. The number of rotatable bonds is 6. The normalized spacial score (nSPS) is 21.3. The van der Waals surface area contributed by atoms with Crippen LogP contribution in [0.3, 0.4) is 0 Å². The topological polar surface area (TPSA) is 81.3 Å². The number of hydrogen-bond donors (Lipinski definition) is 2. The molecule has 98 valence electrons. The van der Waals surface area contributed by atoms with Gasteiger partial charge in [0.2, 0.25) is 0 Å². The standard InChI is InChI=1S/C14H19NO3/c1-3-4-11(9-12(16)17)5-6-13(2,18)14(10-15)7-8-14/h5-6,9,18H,3-4,7-8H2,1-2H3,(H,16,17)/b6-5+,11-9-/t13-/m1/s1. The zero-order chi connectivity index (χ0) is 13.8. The molecule has 0 aromatic rings. The van der Waals surface area contributed by atoms with Gasteiger partial charge in [-0.05, 0) is 31.8 Å². The third-order valence-corrected chi connectivity index (χ3v) is 3.40. The largest absolute Gasteiger partial charge is 0.478 e. The van der Waals surface area contributed by atoms with Gasteiger partial charge in [0, 0.05) is 6.08 Å². The zero-order valence-electron chi connectivity index (χ0n) is 10.8. The van der Waals surface area contributed by atoms with Crippen molar-refractivity contribution < 1.29 is 15.0 Å². The summed E-state index contributed by atoms with van der Waals surface area (Å²) in [7, 11) is 0. The Balaban J connectivity index is 2.84. The first-order valence-electron chi connectivity index (χ1n) is 6.13. The number of hydrogen-bond acceptors (Lipinski definition) is 3. The molecule has 0 unspecified atom stereocenters. The van der Waals surface area contributed by atoms with Crippen LogP contribution in [-0.4, -0.2) is 21.8 Å². The fourth-order valence-electron chi connectivity index (χ4n) is 1.94. The van der Waals surface area contributed by atoms with Gasteiger partial charge in [0.1, 0.15) is 0 Å². The Kier molecular flexibility index (Phi) is 4.31. The molecule has 0 amide bonds. The third kappa shape index (κ3) is 3.21. The summed E-state index contributed by atoms with van der Waals surface area (Å²) in [6.45, 7) is 3.56. The van der Waals surface area contributed by atoms with Crippen LogP contribution in [0.25, 0.3) is 0 Å². The number of carboxylic acids is 1. The van der Waals surface area contributed by atoms with E-state index in [-0.39, 0.29) is 0 Å². The van der Waals surface area contributed by atoms with Crippen molar-refractivity contribution in [1.82, 2.24) is 0 Å². The molecule has 4 nitrogen and oxygen atoms in total. The van der Waals surface area contributed by atoms with Crippen molar-refractivity contribution >= 4 is 5.97 Å². The monoisotopic (exact) mass is 249 g/mol. The molecule has 0 spiro atoms. The van der Waals surface area contributed by atoms with Gasteiger partial charge in [-0.25, -0.2) is 4.79 Å². The van der Waals surface area contributed by atoms with Crippen LogP contribution in [0, 0.1) is 16.7 Å². The van der Waals surface area contributed by atoms with Crippen LogP contribution in [0.1, 0.15) is 39.5 Å². The summed E-state index contributed by atoms with van der Waals surface area (Å²) in [6.07, 6.45) is 7.15. The second-order valence-electron chi connectivity index (χ2n) is 4.98.